The molecule has 5 nitrogen and oxygen atoms in total. The summed E-state index contributed by atoms with van der Waals surface area (Å²) in [5, 5.41) is 8.72. The van der Waals surface area contributed by atoms with Crippen LogP contribution < -0.4 is 0 Å². The molecule has 1 aliphatic rings. The van der Waals surface area contributed by atoms with Crippen molar-refractivity contribution in [1.29, 1.82) is 0 Å². The van der Waals surface area contributed by atoms with E-state index in [1.165, 1.54) is 19.3 Å². The summed E-state index contributed by atoms with van der Waals surface area (Å²) in [6.45, 7) is 3.01. The second kappa shape index (κ2) is 6.78. The largest absolute Gasteiger partial charge is 0.284 e. The van der Waals surface area contributed by atoms with Crippen molar-refractivity contribution in [2.45, 2.75) is 25.9 Å². The van der Waals surface area contributed by atoms with Crippen LogP contribution in [0.3, 0.4) is 0 Å². The molecule has 0 aliphatic carbocycles. The molecule has 0 bridgehead atoms. The summed E-state index contributed by atoms with van der Waals surface area (Å²) in [6.07, 6.45) is 7.33. The van der Waals surface area contributed by atoms with Gasteiger partial charge in [-0.1, -0.05) is 36.8 Å². The first kappa shape index (κ1) is 14.2. The molecule has 1 aromatic heterocycles. The van der Waals surface area contributed by atoms with Crippen molar-refractivity contribution in [3.05, 3.63) is 47.0 Å². The summed E-state index contributed by atoms with van der Waals surface area (Å²) in [4.78, 5) is 2.39. The van der Waals surface area contributed by atoms with Gasteiger partial charge in [0.15, 0.2) is 0 Å². The molecule has 110 valence electrons. The summed E-state index contributed by atoms with van der Waals surface area (Å²) >= 11 is 5.43. The molecule has 0 amide bonds. The first-order chi connectivity index (χ1) is 10.3. The number of hydrogen-bond acceptors (Lipinski definition) is 4. The number of hydrogen-bond donors (Lipinski definition) is 0. The van der Waals surface area contributed by atoms with Crippen LogP contribution in [-0.2, 0) is 6.67 Å². The summed E-state index contributed by atoms with van der Waals surface area (Å²) in [5.41, 5.74) is 1.04. The fraction of sp³-hybridized carbons (Fsp3) is 0.400. The molecular formula is C15H19N5S. The van der Waals surface area contributed by atoms with Crippen LogP contribution in [0.5, 0.6) is 0 Å². The van der Waals surface area contributed by atoms with Crippen molar-refractivity contribution >= 4 is 18.4 Å². The molecule has 1 aromatic carbocycles. The highest BCUT2D eigenvalue weighted by atomic mass is 32.1. The van der Waals surface area contributed by atoms with E-state index >= 15 is 0 Å². The maximum Gasteiger partial charge on any atom is 0.220 e. The van der Waals surface area contributed by atoms with Crippen molar-refractivity contribution in [2.24, 2.45) is 5.10 Å². The van der Waals surface area contributed by atoms with E-state index in [1.54, 1.807) is 17.2 Å². The van der Waals surface area contributed by atoms with Crippen LogP contribution in [0.25, 0.3) is 0 Å². The van der Waals surface area contributed by atoms with E-state index in [0.717, 1.165) is 25.3 Å². The van der Waals surface area contributed by atoms with Gasteiger partial charge in [0.05, 0.1) is 12.9 Å². The van der Waals surface area contributed by atoms with Crippen molar-refractivity contribution in [2.75, 3.05) is 13.1 Å². The molecule has 1 fully saturated rings. The van der Waals surface area contributed by atoms with Gasteiger partial charge in [-0.3, -0.25) is 4.90 Å². The molecule has 0 radical (unpaired) electrons. The third kappa shape index (κ3) is 3.65. The second-order valence-corrected chi connectivity index (χ2v) is 5.60. The van der Waals surface area contributed by atoms with Crippen molar-refractivity contribution in [1.82, 2.24) is 19.4 Å². The lowest BCUT2D eigenvalue weighted by molar-refractivity contribution is 0.172. The standard InChI is InChI=1S/C15H19N5S/c21-15-19(16-11-14-7-3-1-4-8-14)12-17-20(15)13-18-9-5-2-6-10-18/h1,3-4,7-8,11-12H,2,5-6,9-10,13H2/b16-11-. The summed E-state index contributed by atoms with van der Waals surface area (Å²) < 4.78 is 4.11. The molecule has 2 aromatic rings. The van der Waals surface area contributed by atoms with Gasteiger partial charge in [0.1, 0.15) is 6.33 Å². The number of nitrogens with zero attached hydrogens (tertiary/aromatic N) is 5. The van der Waals surface area contributed by atoms with Crippen LogP contribution in [0.15, 0.2) is 41.8 Å². The van der Waals surface area contributed by atoms with Crippen LogP contribution in [-0.4, -0.2) is 38.7 Å². The lowest BCUT2D eigenvalue weighted by Crippen LogP contribution is -2.32. The first-order valence-electron chi connectivity index (χ1n) is 7.29. The Morgan fingerprint density at radius 3 is 2.67 bits per heavy atom. The zero-order valence-corrected chi connectivity index (χ0v) is 12.7. The van der Waals surface area contributed by atoms with Gasteiger partial charge >= 0.3 is 0 Å². The average Bonchev–Trinajstić information content (AvgIpc) is 2.88. The minimum absolute atomic E-state index is 0.632. The maximum atomic E-state index is 5.43. The van der Waals surface area contributed by atoms with Crippen molar-refractivity contribution in [3.63, 3.8) is 0 Å². The number of aromatic nitrogens is 3. The van der Waals surface area contributed by atoms with E-state index in [-0.39, 0.29) is 0 Å². The van der Waals surface area contributed by atoms with Gasteiger partial charge in [-0.2, -0.15) is 14.9 Å². The van der Waals surface area contributed by atoms with Gasteiger partial charge in [-0.05, 0) is 43.7 Å². The molecule has 3 rings (SSSR count). The Balaban J connectivity index is 1.70. The monoisotopic (exact) mass is 301 g/mol. The quantitative estimate of drug-likeness (QED) is 0.644. The van der Waals surface area contributed by atoms with Gasteiger partial charge in [0.25, 0.3) is 0 Å². The Kier molecular flexibility index (Phi) is 4.57. The summed E-state index contributed by atoms with van der Waals surface area (Å²) in [5.74, 6) is 0. The molecule has 6 heteroatoms. The topological polar surface area (TPSA) is 38.4 Å². The van der Waals surface area contributed by atoms with E-state index < -0.39 is 0 Å². The SMILES string of the molecule is S=c1n(/N=C\c2ccccc2)cnn1CN1CCCCC1. The fourth-order valence-corrected chi connectivity index (χ4v) is 2.66. The summed E-state index contributed by atoms with van der Waals surface area (Å²) in [6, 6.07) is 9.97. The maximum absolute atomic E-state index is 5.43. The molecule has 0 spiro atoms. The van der Waals surface area contributed by atoms with Gasteiger partial charge in [-0.15, -0.1) is 0 Å². The molecule has 0 atom stereocenters. The zero-order valence-electron chi connectivity index (χ0n) is 11.9. The van der Waals surface area contributed by atoms with E-state index in [0.29, 0.717) is 4.77 Å². The Hall–Kier alpha value is -1.79. The van der Waals surface area contributed by atoms with E-state index in [2.05, 4.69) is 15.1 Å². The van der Waals surface area contributed by atoms with Crippen LogP contribution in [0.4, 0.5) is 0 Å². The third-order valence-electron chi connectivity index (χ3n) is 3.63. The number of benzene rings is 1. The molecule has 21 heavy (non-hydrogen) atoms. The van der Waals surface area contributed by atoms with Crippen LogP contribution >= 0.6 is 12.2 Å². The third-order valence-corrected chi connectivity index (χ3v) is 4.03. The van der Waals surface area contributed by atoms with E-state index in [9.17, 15) is 0 Å². The Morgan fingerprint density at radius 2 is 1.90 bits per heavy atom. The van der Waals surface area contributed by atoms with Crippen molar-refractivity contribution in [3.8, 4) is 0 Å². The minimum atomic E-state index is 0.632. The highest BCUT2D eigenvalue weighted by molar-refractivity contribution is 7.71. The molecular weight excluding hydrogens is 282 g/mol. The second-order valence-electron chi connectivity index (χ2n) is 5.23. The number of rotatable bonds is 4. The highest BCUT2D eigenvalue weighted by Crippen LogP contribution is 2.09. The lowest BCUT2D eigenvalue weighted by Gasteiger charge is -2.25. The molecule has 0 saturated carbocycles. The first-order valence-corrected chi connectivity index (χ1v) is 7.70. The molecule has 2 heterocycles. The van der Waals surface area contributed by atoms with E-state index in [4.69, 9.17) is 12.2 Å². The average molecular weight is 301 g/mol. The summed E-state index contributed by atoms with van der Waals surface area (Å²) in [7, 11) is 0. The Labute approximate surface area is 129 Å². The molecule has 0 N–H and O–H groups in total. The molecule has 1 aliphatic heterocycles. The lowest BCUT2D eigenvalue weighted by atomic mass is 10.1. The van der Waals surface area contributed by atoms with Gasteiger partial charge in [0.2, 0.25) is 4.77 Å². The Morgan fingerprint density at radius 1 is 1.14 bits per heavy atom. The predicted octanol–water partition coefficient (Wildman–Crippen LogP) is 2.74. The zero-order chi connectivity index (χ0) is 14.5. The van der Waals surface area contributed by atoms with Crippen LogP contribution in [0.2, 0.25) is 0 Å². The number of piperidine rings is 1. The van der Waals surface area contributed by atoms with Gasteiger partial charge in [0, 0.05) is 0 Å². The van der Waals surface area contributed by atoms with Gasteiger partial charge < -0.3 is 0 Å². The molecule has 1 saturated heterocycles. The number of likely N-dealkylation sites (tertiary alicyclic amines) is 1. The predicted molar refractivity (Wildman–Crippen MR) is 85.9 cm³/mol. The minimum Gasteiger partial charge on any atom is -0.284 e. The smallest absolute Gasteiger partial charge is 0.220 e. The van der Waals surface area contributed by atoms with Crippen LogP contribution in [0, 0.1) is 4.77 Å². The fourth-order valence-electron chi connectivity index (χ4n) is 2.46. The van der Waals surface area contributed by atoms with Crippen molar-refractivity contribution < 1.29 is 0 Å². The normalized spacial score (nSPS) is 16.6. The van der Waals surface area contributed by atoms with E-state index in [1.807, 2.05) is 35.0 Å². The van der Waals surface area contributed by atoms with Gasteiger partial charge in [-0.25, -0.2) is 4.68 Å². The Bertz CT molecular complexity index is 652. The molecule has 0 unspecified atom stereocenters. The highest BCUT2D eigenvalue weighted by Gasteiger charge is 2.11. The van der Waals surface area contributed by atoms with Crippen LogP contribution in [0.1, 0.15) is 24.8 Å².